The fourth-order valence-corrected chi connectivity index (χ4v) is 3.60. The molecule has 132 valence electrons. The van der Waals surface area contributed by atoms with Crippen LogP contribution in [-0.2, 0) is 9.59 Å². The molecule has 0 radical (unpaired) electrons. The van der Waals surface area contributed by atoms with E-state index >= 15 is 0 Å². The Morgan fingerprint density at radius 1 is 0.923 bits per heavy atom. The normalized spacial score (nSPS) is 16.0. The number of imide groups is 2. The number of nitrogens with one attached hydrogen (secondary N) is 2. The smallest absolute Gasteiger partial charge is 0.294 e. The molecular formula is C19H15BrN2O4. The maximum atomic E-state index is 12.7. The van der Waals surface area contributed by atoms with Crippen molar-refractivity contribution in [1.82, 2.24) is 10.6 Å². The van der Waals surface area contributed by atoms with E-state index in [4.69, 9.17) is 0 Å². The summed E-state index contributed by atoms with van der Waals surface area (Å²) in [5, 5.41) is 4.21. The molecular weight excluding hydrogens is 400 g/mol. The quantitative estimate of drug-likeness (QED) is 0.580. The van der Waals surface area contributed by atoms with Crippen molar-refractivity contribution < 1.29 is 19.2 Å². The van der Waals surface area contributed by atoms with Gasteiger partial charge in [0.05, 0.1) is 0 Å². The minimum absolute atomic E-state index is 0.0493. The monoisotopic (exact) mass is 414 g/mol. The van der Waals surface area contributed by atoms with Crippen LogP contribution in [0.5, 0.6) is 0 Å². The van der Waals surface area contributed by atoms with Gasteiger partial charge in [0, 0.05) is 22.4 Å². The van der Waals surface area contributed by atoms with E-state index in [1.54, 1.807) is 54.6 Å². The van der Waals surface area contributed by atoms with Gasteiger partial charge in [-0.1, -0.05) is 64.5 Å². The Hall–Kier alpha value is -2.80. The molecule has 0 aromatic heterocycles. The summed E-state index contributed by atoms with van der Waals surface area (Å²) in [5.74, 6) is -3.50. The van der Waals surface area contributed by atoms with Crippen LogP contribution in [0, 0.1) is 5.92 Å². The molecule has 1 atom stereocenters. The van der Waals surface area contributed by atoms with Gasteiger partial charge in [0.25, 0.3) is 0 Å². The molecule has 7 heteroatoms. The Kier molecular flexibility index (Phi) is 5.27. The van der Waals surface area contributed by atoms with E-state index in [-0.39, 0.29) is 12.2 Å². The molecule has 1 aliphatic heterocycles. The Bertz CT molecular complexity index is 862. The van der Waals surface area contributed by atoms with Gasteiger partial charge in [-0.2, -0.15) is 0 Å². The Morgan fingerprint density at radius 3 is 2.12 bits per heavy atom. The average molecular weight is 415 g/mol. The number of carbonyl (C=O) groups excluding carboxylic acids is 4. The zero-order valence-electron chi connectivity index (χ0n) is 13.6. The average Bonchev–Trinajstić information content (AvgIpc) is 2.61. The van der Waals surface area contributed by atoms with E-state index in [2.05, 4.69) is 26.6 Å². The van der Waals surface area contributed by atoms with E-state index in [1.807, 2.05) is 0 Å². The molecule has 0 aliphatic carbocycles. The van der Waals surface area contributed by atoms with Crippen LogP contribution in [-0.4, -0.2) is 23.6 Å². The molecule has 0 spiro atoms. The van der Waals surface area contributed by atoms with E-state index < -0.39 is 29.7 Å². The van der Waals surface area contributed by atoms with Crippen LogP contribution in [0.15, 0.2) is 59.1 Å². The molecule has 2 N–H and O–H groups in total. The van der Waals surface area contributed by atoms with Crippen molar-refractivity contribution in [3.8, 4) is 0 Å². The highest BCUT2D eigenvalue weighted by Gasteiger charge is 2.42. The Morgan fingerprint density at radius 2 is 1.50 bits per heavy atom. The van der Waals surface area contributed by atoms with Gasteiger partial charge in [-0.25, -0.2) is 4.79 Å². The van der Waals surface area contributed by atoms with Crippen molar-refractivity contribution in [2.75, 3.05) is 0 Å². The van der Waals surface area contributed by atoms with Crippen LogP contribution in [0.3, 0.4) is 0 Å². The molecule has 0 unspecified atom stereocenters. The molecule has 6 nitrogen and oxygen atoms in total. The molecule has 1 fully saturated rings. The minimum atomic E-state index is -1.18. The predicted octanol–water partition coefficient (Wildman–Crippen LogP) is 2.79. The molecule has 1 aliphatic rings. The summed E-state index contributed by atoms with van der Waals surface area (Å²) in [4.78, 5) is 48.8. The van der Waals surface area contributed by atoms with E-state index in [0.717, 1.165) is 0 Å². The number of ketones is 1. The van der Waals surface area contributed by atoms with Crippen molar-refractivity contribution in [1.29, 1.82) is 0 Å². The number of urea groups is 1. The molecule has 2 aromatic rings. The van der Waals surface area contributed by atoms with Gasteiger partial charge in [-0.3, -0.25) is 25.0 Å². The lowest BCUT2D eigenvalue weighted by Crippen LogP contribution is -2.57. The van der Waals surface area contributed by atoms with Gasteiger partial charge in [-0.05, 0) is 11.6 Å². The molecule has 1 heterocycles. The third kappa shape index (κ3) is 3.72. The molecule has 1 saturated heterocycles. The molecule has 3 rings (SSSR count). The second-order valence-corrected chi connectivity index (χ2v) is 6.76. The van der Waals surface area contributed by atoms with Gasteiger partial charge >= 0.3 is 6.03 Å². The number of barbiturate groups is 1. The fourth-order valence-electron chi connectivity index (χ4n) is 3.02. The number of amides is 4. The van der Waals surface area contributed by atoms with Crippen LogP contribution in [0.2, 0.25) is 0 Å². The van der Waals surface area contributed by atoms with Gasteiger partial charge in [0.2, 0.25) is 11.8 Å². The predicted molar refractivity (Wildman–Crippen MR) is 97.4 cm³/mol. The summed E-state index contributed by atoms with van der Waals surface area (Å²) in [6.45, 7) is 0. The summed E-state index contributed by atoms with van der Waals surface area (Å²) in [5.41, 5.74) is 1.15. The lowest BCUT2D eigenvalue weighted by molar-refractivity contribution is -0.136. The number of Topliss-reactive ketones (excluding diaryl/α,β-unsaturated/α-hetero) is 1. The zero-order chi connectivity index (χ0) is 18.7. The number of rotatable bonds is 5. The number of halogens is 1. The molecule has 0 bridgehead atoms. The first-order chi connectivity index (χ1) is 12.5. The largest absolute Gasteiger partial charge is 0.328 e. The van der Waals surface area contributed by atoms with Crippen LogP contribution < -0.4 is 10.6 Å². The lowest BCUT2D eigenvalue weighted by Gasteiger charge is -2.28. The molecule has 0 saturated carbocycles. The fraction of sp³-hybridized carbons (Fsp3) is 0.158. The van der Waals surface area contributed by atoms with Crippen molar-refractivity contribution in [2.24, 2.45) is 5.92 Å². The third-order valence-corrected chi connectivity index (χ3v) is 4.97. The van der Waals surface area contributed by atoms with Gasteiger partial charge in [0.1, 0.15) is 5.92 Å². The summed E-state index contributed by atoms with van der Waals surface area (Å²) >= 11 is 3.42. The van der Waals surface area contributed by atoms with Crippen LogP contribution >= 0.6 is 15.9 Å². The summed E-state index contributed by atoms with van der Waals surface area (Å²) < 4.78 is 0.684. The van der Waals surface area contributed by atoms with Crippen molar-refractivity contribution in [3.63, 3.8) is 0 Å². The summed E-state index contributed by atoms with van der Waals surface area (Å²) in [7, 11) is 0. The van der Waals surface area contributed by atoms with Gasteiger partial charge in [0.15, 0.2) is 5.78 Å². The summed E-state index contributed by atoms with van der Waals surface area (Å²) in [6, 6.07) is 14.9. The van der Waals surface area contributed by atoms with Crippen molar-refractivity contribution in [3.05, 3.63) is 70.2 Å². The molecule has 2 aromatic carbocycles. The van der Waals surface area contributed by atoms with Crippen molar-refractivity contribution in [2.45, 2.75) is 12.3 Å². The zero-order valence-corrected chi connectivity index (χ0v) is 15.2. The number of hydrogen-bond acceptors (Lipinski definition) is 4. The number of carbonyl (C=O) groups is 4. The van der Waals surface area contributed by atoms with Gasteiger partial charge in [-0.15, -0.1) is 0 Å². The topological polar surface area (TPSA) is 92.3 Å². The Labute approximate surface area is 158 Å². The van der Waals surface area contributed by atoms with Crippen LogP contribution in [0.4, 0.5) is 4.79 Å². The Balaban J connectivity index is 1.99. The molecule has 26 heavy (non-hydrogen) atoms. The first-order valence-electron chi connectivity index (χ1n) is 7.95. The second kappa shape index (κ2) is 7.61. The van der Waals surface area contributed by atoms with Gasteiger partial charge < -0.3 is 0 Å². The number of hydrogen-bond donors (Lipinski definition) is 2. The number of benzene rings is 2. The summed E-state index contributed by atoms with van der Waals surface area (Å²) in [6.07, 6.45) is -0.0493. The van der Waals surface area contributed by atoms with E-state index in [0.29, 0.717) is 15.6 Å². The lowest BCUT2D eigenvalue weighted by atomic mass is 9.79. The molecule has 4 amide bonds. The highest BCUT2D eigenvalue weighted by molar-refractivity contribution is 9.10. The third-order valence-electron chi connectivity index (χ3n) is 4.25. The van der Waals surface area contributed by atoms with E-state index in [1.165, 1.54) is 0 Å². The van der Waals surface area contributed by atoms with E-state index in [9.17, 15) is 19.2 Å². The maximum absolute atomic E-state index is 12.7. The highest BCUT2D eigenvalue weighted by Crippen LogP contribution is 2.35. The highest BCUT2D eigenvalue weighted by atomic mass is 79.9. The van der Waals surface area contributed by atoms with Crippen LogP contribution in [0.1, 0.15) is 28.3 Å². The standard InChI is InChI=1S/C19H15BrN2O4/c20-14-9-5-4-8-12(14)13(10-15(23)11-6-2-1-3-7-11)16-17(24)21-19(26)22-18(16)25/h1-9,13,16H,10H2,(H2,21,22,24,25,26)/t13-/m1/s1. The first kappa shape index (κ1) is 18.0. The maximum Gasteiger partial charge on any atom is 0.328 e. The second-order valence-electron chi connectivity index (χ2n) is 5.91. The first-order valence-corrected chi connectivity index (χ1v) is 8.75. The minimum Gasteiger partial charge on any atom is -0.294 e. The van der Waals surface area contributed by atoms with Crippen molar-refractivity contribution >= 4 is 39.6 Å². The SMILES string of the molecule is O=C1NC(=O)C([C@H](CC(=O)c2ccccc2)c2ccccc2Br)C(=O)N1. The van der Waals surface area contributed by atoms with Crippen LogP contribution in [0.25, 0.3) is 0 Å².